The average molecular weight is 366 g/mol. The first-order valence-corrected chi connectivity index (χ1v) is 6.40. The molecule has 4 nitrogen and oxygen atoms in total. The van der Waals surface area contributed by atoms with E-state index in [2.05, 4.69) is 31.9 Å². The summed E-state index contributed by atoms with van der Waals surface area (Å²) in [6, 6.07) is 4.78. The molecule has 0 saturated carbocycles. The lowest BCUT2D eigenvalue weighted by atomic mass is 10.0. The number of ketones is 1. The molecule has 0 aliphatic carbocycles. The number of halogens is 2. The van der Waals surface area contributed by atoms with Gasteiger partial charge in [-0.15, -0.1) is 0 Å². The van der Waals surface area contributed by atoms with Crippen LogP contribution in [0, 0.1) is 0 Å². The number of hydrogen-bond donors (Lipinski definition) is 2. The second-order valence-electron chi connectivity index (χ2n) is 3.49. The molecule has 2 N–H and O–H groups in total. The first-order chi connectivity index (χ1) is 7.84. The van der Waals surface area contributed by atoms with Crippen LogP contribution >= 0.6 is 31.9 Å². The maximum Gasteiger partial charge on any atom is 0.337 e. The molecule has 0 heterocycles. The highest BCUT2D eigenvalue weighted by atomic mass is 79.9. The fourth-order valence-corrected chi connectivity index (χ4v) is 2.05. The van der Waals surface area contributed by atoms with Crippen molar-refractivity contribution in [1.82, 2.24) is 0 Å². The van der Waals surface area contributed by atoms with Crippen LogP contribution < -0.4 is 0 Å². The molecule has 0 fully saturated rings. The quantitative estimate of drug-likeness (QED) is 0.804. The van der Waals surface area contributed by atoms with Gasteiger partial charge in [-0.3, -0.25) is 4.79 Å². The number of carbonyl (C=O) groups is 2. The van der Waals surface area contributed by atoms with Gasteiger partial charge in [0.05, 0.1) is 4.83 Å². The third kappa shape index (κ3) is 3.37. The van der Waals surface area contributed by atoms with Crippen LogP contribution in [0.15, 0.2) is 22.7 Å². The van der Waals surface area contributed by atoms with Crippen LogP contribution in [0.1, 0.15) is 29.0 Å². The fourth-order valence-electron chi connectivity index (χ4n) is 1.30. The smallest absolute Gasteiger partial charge is 0.337 e. The number of carboxylic acid groups (broad SMARTS) is 1. The summed E-state index contributed by atoms with van der Waals surface area (Å²) in [6.07, 6.45) is -1.61. The summed E-state index contributed by atoms with van der Waals surface area (Å²) in [5.74, 6) is -1.43. The van der Waals surface area contributed by atoms with E-state index >= 15 is 0 Å². The highest BCUT2D eigenvalue weighted by molar-refractivity contribution is 9.10. The Morgan fingerprint density at radius 2 is 1.94 bits per heavy atom. The van der Waals surface area contributed by atoms with Crippen LogP contribution in [-0.4, -0.2) is 22.0 Å². The van der Waals surface area contributed by atoms with Gasteiger partial charge in [0.2, 0.25) is 0 Å². The van der Waals surface area contributed by atoms with Gasteiger partial charge in [0.1, 0.15) is 5.78 Å². The van der Waals surface area contributed by atoms with E-state index in [-0.39, 0.29) is 11.3 Å². The van der Waals surface area contributed by atoms with Gasteiger partial charge in [0.25, 0.3) is 0 Å². The van der Waals surface area contributed by atoms with Crippen molar-refractivity contribution in [2.75, 3.05) is 0 Å². The molecular weight excluding hydrogens is 356 g/mol. The molecule has 0 aliphatic heterocycles. The zero-order valence-corrected chi connectivity index (χ0v) is 12.0. The lowest BCUT2D eigenvalue weighted by Crippen LogP contribution is -2.12. The number of alkyl halides is 1. The van der Waals surface area contributed by atoms with Crippen LogP contribution in [0.3, 0.4) is 0 Å². The van der Waals surface area contributed by atoms with Crippen molar-refractivity contribution in [1.29, 1.82) is 0 Å². The molecule has 6 heteroatoms. The first-order valence-electron chi connectivity index (χ1n) is 4.69. The van der Waals surface area contributed by atoms with Gasteiger partial charge >= 0.3 is 5.97 Å². The number of carbonyl (C=O) groups excluding carboxylic acids is 1. The van der Waals surface area contributed by atoms with Gasteiger partial charge in [0, 0.05) is 10.0 Å². The Balaban J connectivity index is 3.19. The molecule has 0 radical (unpaired) electrons. The van der Waals surface area contributed by atoms with Crippen molar-refractivity contribution in [2.45, 2.75) is 17.9 Å². The second-order valence-corrected chi connectivity index (χ2v) is 5.26. The minimum Gasteiger partial charge on any atom is -0.479 e. The van der Waals surface area contributed by atoms with Crippen LogP contribution in [0.2, 0.25) is 0 Å². The molecule has 0 amide bonds. The number of Topliss-reactive ketones (excluding diaryl/α,β-unsaturated/α-hetero) is 1. The molecule has 0 aromatic heterocycles. The van der Waals surface area contributed by atoms with Crippen LogP contribution in [0.5, 0.6) is 0 Å². The highest BCUT2D eigenvalue weighted by Crippen LogP contribution is 2.30. The summed E-state index contributed by atoms with van der Waals surface area (Å²) in [4.78, 5) is 21.4. The zero-order chi connectivity index (χ0) is 13.2. The maximum absolute atomic E-state index is 11.2. The minimum atomic E-state index is -1.61. The van der Waals surface area contributed by atoms with Crippen molar-refractivity contribution in [3.8, 4) is 0 Å². The van der Waals surface area contributed by atoms with Crippen molar-refractivity contribution in [3.05, 3.63) is 33.8 Å². The van der Waals surface area contributed by atoms with Gasteiger partial charge < -0.3 is 10.2 Å². The molecule has 0 spiro atoms. The standard InChI is InChI=1S/C11H10Br2O4/c1-5(14)9(13)6-2-3-8(12)7(4-6)10(15)11(16)17/h2-4,9-10,15H,1H3,(H,16,17). The number of hydrogen-bond acceptors (Lipinski definition) is 3. The predicted octanol–water partition coefficient (Wildman–Crippen LogP) is 2.59. The Morgan fingerprint density at radius 3 is 2.41 bits per heavy atom. The SMILES string of the molecule is CC(=O)C(Br)c1ccc(Br)c(C(O)C(=O)O)c1. The van der Waals surface area contributed by atoms with E-state index in [0.717, 1.165) is 0 Å². The van der Waals surface area contributed by atoms with Gasteiger partial charge in [-0.05, 0) is 24.6 Å². The largest absolute Gasteiger partial charge is 0.479 e. The molecule has 0 aliphatic rings. The highest BCUT2D eigenvalue weighted by Gasteiger charge is 2.21. The number of rotatable bonds is 4. The van der Waals surface area contributed by atoms with Gasteiger partial charge in [0.15, 0.2) is 6.10 Å². The normalized spacial score (nSPS) is 14.1. The molecule has 2 atom stereocenters. The van der Waals surface area contributed by atoms with Crippen molar-refractivity contribution in [3.63, 3.8) is 0 Å². The monoisotopic (exact) mass is 364 g/mol. The molecule has 0 bridgehead atoms. The summed E-state index contributed by atoms with van der Waals surface area (Å²) >= 11 is 6.36. The third-order valence-corrected chi connectivity index (χ3v) is 4.09. The summed E-state index contributed by atoms with van der Waals surface area (Å²) in [5.41, 5.74) is 0.830. The first kappa shape index (κ1) is 14.3. The Labute approximate surface area is 115 Å². The van der Waals surface area contributed by atoms with E-state index in [1.165, 1.54) is 13.0 Å². The van der Waals surface area contributed by atoms with Crippen LogP contribution in [0.25, 0.3) is 0 Å². The number of benzene rings is 1. The van der Waals surface area contributed by atoms with Crippen LogP contribution in [-0.2, 0) is 9.59 Å². The van der Waals surface area contributed by atoms with E-state index in [1.807, 2.05) is 0 Å². The number of aliphatic carboxylic acids is 1. The summed E-state index contributed by atoms with van der Waals surface area (Å²) < 4.78 is 0.486. The molecule has 0 saturated heterocycles. The number of carboxylic acids is 1. The van der Waals surface area contributed by atoms with E-state index < -0.39 is 16.9 Å². The van der Waals surface area contributed by atoms with Crippen LogP contribution in [0.4, 0.5) is 0 Å². The Kier molecular flexibility index (Phi) is 4.85. The van der Waals surface area contributed by atoms with E-state index in [9.17, 15) is 14.7 Å². The zero-order valence-electron chi connectivity index (χ0n) is 8.85. The van der Waals surface area contributed by atoms with E-state index in [0.29, 0.717) is 10.0 Å². The summed E-state index contributed by atoms with van der Waals surface area (Å²) in [7, 11) is 0. The van der Waals surface area contributed by atoms with Crippen molar-refractivity contribution >= 4 is 43.6 Å². The lowest BCUT2D eigenvalue weighted by Gasteiger charge is -2.12. The number of aliphatic hydroxyl groups excluding tert-OH is 1. The molecule has 1 rings (SSSR count). The van der Waals surface area contributed by atoms with Crippen molar-refractivity contribution < 1.29 is 19.8 Å². The fraction of sp³-hybridized carbons (Fsp3) is 0.273. The molecule has 17 heavy (non-hydrogen) atoms. The third-order valence-electron chi connectivity index (χ3n) is 2.20. The summed E-state index contributed by atoms with van der Waals surface area (Å²) in [6.45, 7) is 1.43. The molecule has 1 aromatic carbocycles. The Hall–Kier alpha value is -0.720. The minimum absolute atomic E-state index is 0.0944. The lowest BCUT2D eigenvalue weighted by molar-refractivity contribution is -0.147. The Bertz CT molecular complexity index is 459. The molecule has 1 aromatic rings. The predicted molar refractivity (Wildman–Crippen MR) is 69.1 cm³/mol. The summed E-state index contributed by atoms with van der Waals surface area (Å²) in [5, 5.41) is 18.2. The van der Waals surface area contributed by atoms with Gasteiger partial charge in [-0.2, -0.15) is 0 Å². The van der Waals surface area contributed by atoms with E-state index in [4.69, 9.17) is 5.11 Å². The molecule has 2 unspecified atom stereocenters. The van der Waals surface area contributed by atoms with E-state index in [1.54, 1.807) is 12.1 Å². The average Bonchev–Trinajstić information content (AvgIpc) is 2.27. The second kappa shape index (κ2) is 5.75. The van der Waals surface area contributed by atoms with Gasteiger partial charge in [-0.25, -0.2) is 4.79 Å². The van der Waals surface area contributed by atoms with Gasteiger partial charge in [-0.1, -0.05) is 37.9 Å². The molecule has 92 valence electrons. The number of aliphatic hydroxyl groups is 1. The van der Waals surface area contributed by atoms with Crippen molar-refractivity contribution in [2.24, 2.45) is 0 Å². The topological polar surface area (TPSA) is 74.6 Å². The maximum atomic E-state index is 11.2. The Morgan fingerprint density at radius 1 is 1.35 bits per heavy atom. The molecular formula is C11H10Br2O4.